The van der Waals surface area contributed by atoms with Gasteiger partial charge in [-0.2, -0.15) is 5.10 Å². The van der Waals surface area contributed by atoms with E-state index in [4.69, 9.17) is 46.4 Å². The number of hydrogen-bond donors (Lipinski definition) is 0. The van der Waals surface area contributed by atoms with Crippen LogP contribution in [0.1, 0.15) is 5.56 Å². The van der Waals surface area contributed by atoms with Gasteiger partial charge in [0.15, 0.2) is 0 Å². The third-order valence-corrected chi connectivity index (χ3v) is 5.97. The molecule has 7 heteroatoms. The minimum atomic E-state index is -0.292. The normalized spacial score (nSPS) is 11.1. The molecule has 4 rings (SSSR count). The van der Waals surface area contributed by atoms with E-state index in [0.717, 1.165) is 16.8 Å². The number of nitrogens with zero attached hydrogens (tertiary/aromatic N) is 2. The van der Waals surface area contributed by atoms with Crippen LogP contribution in [-0.4, -0.2) is 9.78 Å². The summed E-state index contributed by atoms with van der Waals surface area (Å²) in [5.41, 5.74) is 3.59. The smallest absolute Gasteiger partial charge is 0.128 e. The minimum absolute atomic E-state index is 0.254. The van der Waals surface area contributed by atoms with Crippen molar-refractivity contribution in [3.05, 3.63) is 98.2 Å². The molecule has 1 heterocycles. The van der Waals surface area contributed by atoms with Gasteiger partial charge in [-0.3, -0.25) is 4.68 Å². The van der Waals surface area contributed by atoms with Crippen molar-refractivity contribution < 1.29 is 4.39 Å². The molecule has 4 aromatic rings. The Morgan fingerprint density at radius 1 is 0.724 bits per heavy atom. The van der Waals surface area contributed by atoms with E-state index in [1.807, 2.05) is 18.2 Å². The molecule has 0 atom stereocenters. The summed E-state index contributed by atoms with van der Waals surface area (Å²) in [6.45, 7) is 0.254. The SMILES string of the molecule is Fc1ccccc1Cn1nc(-c2ccc(Cl)c(Cl)c2)cc1-c1ccc(Cl)c(Cl)c1. The van der Waals surface area contributed by atoms with Crippen LogP contribution in [0.3, 0.4) is 0 Å². The lowest BCUT2D eigenvalue weighted by Gasteiger charge is -2.09. The summed E-state index contributed by atoms with van der Waals surface area (Å²) in [7, 11) is 0. The molecule has 0 unspecified atom stereocenters. The molecule has 3 aromatic carbocycles. The zero-order valence-corrected chi connectivity index (χ0v) is 17.9. The number of hydrogen-bond acceptors (Lipinski definition) is 1. The Bertz CT molecular complexity index is 1200. The van der Waals surface area contributed by atoms with Crippen LogP contribution < -0.4 is 0 Å². The second-order valence-electron chi connectivity index (χ2n) is 6.42. The standard InChI is InChI=1S/C22H13Cl4FN2/c23-16-7-5-13(9-18(16)25)21-11-22(14-6-8-17(24)19(26)10-14)29(28-21)12-15-3-1-2-4-20(15)27/h1-11H,12H2. The van der Waals surface area contributed by atoms with Crippen molar-refractivity contribution in [2.75, 3.05) is 0 Å². The van der Waals surface area contributed by atoms with E-state index < -0.39 is 0 Å². The molecule has 0 amide bonds. The quantitative estimate of drug-likeness (QED) is 0.298. The van der Waals surface area contributed by atoms with E-state index in [1.165, 1.54) is 6.07 Å². The number of aromatic nitrogens is 2. The average Bonchev–Trinajstić information content (AvgIpc) is 3.12. The molecule has 0 aliphatic carbocycles. The van der Waals surface area contributed by atoms with Gasteiger partial charge in [0, 0.05) is 16.7 Å². The molecular weight excluding hydrogens is 453 g/mol. The molecule has 0 saturated carbocycles. The molecule has 0 N–H and O–H groups in total. The predicted octanol–water partition coefficient (Wildman–Crippen LogP) is 8.02. The van der Waals surface area contributed by atoms with E-state index in [0.29, 0.717) is 31.3 Å². The maximum atomic E-state index is 14.2. The Balaban J connectivity index is 1.84. The molecule has 0 fully saturated rings. The average molecular weight is 466 g/mol. The Kier molecular flexibility index (Phi) is 5.84. The van der Waals surface area contributed by atoms with Crippen LogP contribution in [0.4, 0.5) is 4.39 Å². The first-order valence-electron chi connectivity index (χ1n) is 8.64. The predicted molar refractivity (Wildman–Crippen MR) is 119 cm³/mol. The van der Waals surface area contributed by atoms with Crippen molar-refractivity contribution in [1.29, 1.82) is 0 Å². The topological polar surface area (TPSA) is 17.8 Å². The van der Waals surface area contributed by atoms with Crippen LogP contribution in [-0.2, 0) is 6.54 Å². The number of benzene rings is 3. The lowest BCUT2D eigenvalue weighted by Crippen LogP contribution is -2.05. The maximum Gasteiger partial charge on any atom is 0.128 e. The monoisotopic (exact) mass is 464 g/mol. The second-order valence-corrected chi connectivity index (χ2v) is 8.05. The fraction of sp³-hybridized carbons (Fsp3) is 0.0455. The molecule has 146 valence electrons. The largest absolute Gasteiger partial charge is 0.260 e. The molecule has 0 bridgehead atoms. The van der Waals surface area contributed by atoms with Gasteiger partial charge in [0.05, 0.1) is 38.0 Å². The van der Waals surface area contributed by atoms with Gasteiger partial charge in [-0.05, 0) is 36.4 Å². The second kappa shape index (κ2) is 8.37. The Labute approximate surface area is 187 Å². The van der Waals surface area contributed by atoms with Gasteiger partial charge in [0.1, 0.15) is 5.82 Å². The molecule has 29 heavy (non-hydrogen) atoms. The summed E-state index contributed by atoms with van der Waals surface area (Å²) < 4.78 is 16.0. The van der Waals surface area contributed by atoms with Gasteiger partial charge in [-0.15, -0.1) is 0 Å². The summed E-state index contributed by atoms with van der Waals surface area (Å²) in [6, 6.07) is 19.1. The first-order chi connectivity index (χ1) is 13.9. The van der Waals surface area contributed by atoms with E-state index >= 15 is 0 Å². The Morgan fingerprint density at radius 3 is 2.00 bits per heavy atom. The molecule has 0 aliphatic heterocycles. The molecule has 0 aliphatic rings. The highest BCUT2D eigenvalue weighted by Gasteiger charge is 2.15. The number of halogens is 5. The Morgan fingerprint density at radius 2 is 1.34 bits per heavy atom. The highest BCUT2D eigenvalue weighted by molar-refractivity contribution is 6.42. The molecule has 1 aromatic heterocycles. The van der Waals surface area contributed by atoms with Crippen molar-refractivity contribution in [3.63, 3.8) is 0 Å². The molecular formula is C22H13Cl4FN2. The van der Waals surface area contributed by atoms with Crippen molar-refractivity contribution in [1.82, 2.24) is 9.78 Å². The lowest BCUT2D eigenvalue weighted by atomic mass is 10.1. The maximum absolute atomic E-state index is 14.2. The first kappa shape index (κ1) is 20.2. The van der Waals surface area contributed by atoms with Crippen molar-refractivity contribution in [2.45, 2.75) is 6.54 Å². The summed E-state index contributed by atoms with van der Waals surface area (Å²) in [6.07, 6.45) is 0. The van der Waals surface area contributed by atoms with E-state index in [1.54, 1.807) is 47.1 Å². The first-order valence-corrected chi connectivity index (χ1v) is 10.2. The van der Waals surface area contributed by atoms with Gasteiger partial charge in [-0.1, -0.05) is 76.7 Å². The van der Waals surface area contributed by atoms with Crippen LogP contribution in [0, 0.1) is 5.82 Å². The zero-order valence-electron chi connectivity index (χ0n) is 14.8. The van der Waals surface area contributed by atoms with E-state index in [-0.39, 0.29) is 12.4 Å². The van der Waals surface area contributed by atoms with Crippen LogP contribution in [0.5, 0.6) is 0 Å². The fourth-order valence-electron chi connectivity index (χ4n) is 3.01. The number of rotatable bonds is 4. The molecule has 0 spiro atoms. The molecule has 0 saturated heterocycles. The fourth-order valence-corrected chi connectivity index (χ4v) is 3.61. The van der Waals surface area contributed by atoms with Gasteiger partial charge in [-0.25, -0.2) is 4.39 Å². The van der Waals surface area contributed by atoms with Gasteiger partial charge < -0.3 is 0 Å². The van der Waals surface area contributed by atoms with E-state index in [2.05, 4.69) is 5.10 Å². The minimum Gasteiger partial charge on any atom is -0.260 e. The van der Waals surface area contributed by atoms with Crippen molar-refractivity contribution in [3.8, 4) is 22.5 Å². The van der Waals surface area contributed by atoms with Gasteiger partial charge in [0.2, 0.25) is 0 Å². The third kappa shape index (κ3) is 4.29. The van der Waals surface area contributed by atoms with Gasteiger partial charge >= 0.3 is 0 Å². The lowest BCUT2D eigenvalue weighted by molar-refractivity contribution is 0.587. The summed E-state index contributed by atoms with van der Waals surface area (Å²) in [5.74, 6) is -0.292. The van der Waals surface area contributed by atoms with Crippen LogP contribution in [0.15, 0.2) is 66.7 Å². The summed E-state index contributed by atoms with van der Waals surface area (Å²) >= 11 is 24.5. The van der Waals surface area contributed by atoms with Crippen LogP contribution >= 0.6 is 46.4 Å². The highest BCUT2D eigenvalue weighted by atomic mass is 35.5. The third-order valence-electron chi connectivity index (χ3n) is 4.49. The van der Waals surface area contributed by atoms with Gasteiger partial charge in [0.25, 0.3) is 0 Å². The van der Waals surface area contributed by atoms with Crippen molar-refractivity contribution >= 4 is 46.4 Å². The molecule has 0 radical (unpaired) electrons. The molecule has 2 nitrogen and oxygen atoms in total. The van der Waals surface area contributed by atoms with Crippen molar-refractivity contribution in [2.24, 2.45) is 0 Å². The van der Waals surface area contributed by atoms with E-state index in [9.17, 15) is 4.39 Å². The Hall–Kier alpha value is -2.04. The van der Waals surface area contributed by atoms with Crippen LogP contribution in [0.2, 0.25) is 20.1 Å². The summed E-state index contributed by atoms with van der Waals surface area (Å²) in [4.78, 5) is 0. The zero-order chi connectivity index (χ0) is 20.5. The van der Waals surface area contributed by atoms with Crippen LogP contribution in [0.25, 0.3) is 22.5 Å². The summed E-state index contributed by atoms with van der Waals surface area (Å²) in [5, 5.41) is 6.47. The highest BCUT2D eigenvalue weighted by Crippen LogP contribution is 2.33.